The second-order valence-electron chi connectivity index (χ2n) is 16.1. The summed E-state index contributed by atoms with van der Waals surface area (Å²) in [5.74, 6) is 0. The van der Waals surface area contributed by atoms with E-state index in [9.17, 15) is 5.26 Å². The number of fused-ring (bicyclic) bond motifs is 15. The highest BCUT2D eigenvalue weighted by Gasteiger charge is 2.50. The first-order chi connectivity index (χ1) is 30.2. The maximum Gasteiger partial charge on any atom is 0.0991 e. The van der Waals surface area contributed by atoms with E-state index in [1.807, 2.05) is 23.9 Å². The molecule has 0 atom stereocenters. The van der Waals surface area contributed by atoms with Gasteiger partial charge in [-0.2, -0.15) is 5.26 Å². The molecule has 1 aliphatic heterocycles. The van der Waals surface area contributed by atoms with Gasteiger partial charge in [-0.1, -0.05) is 151 Å². The number of rotatable bonds is 3. The zero-order chi connectivity index (χ0) is 40.2. The lowest BCUT2D eigenvalue weighted by molar-refractivity contribution is 0.724. The van der Waals surface area contributed by atoms with Crippen LogP contribution in [0.2, 0.25) is 0 Å². The van der Waals surface area contributed by atoms with Crippen LogP contribution in [-0.2, 0) is 5.41 Å². The molecule has 2 aromatic heterocycles. The van der Waals surface area contributed by atoms with Crippen molar-refractivity contribution in [1.29, 1.82) is 5.26 Å². The van der Waals surface area contributed by atoms with Crippen molar-refractivity contribution in [2.45, 2.75) is 15.2 Å². The summed E-state index contributed by atoms with van der Waals surface area (Å²) >= 11 is 1.88. The Bertz CT molecular complexity index is 3640. The molecule has 282 valence electrons. The van der Waals surface area contributed by atoms with Gasteiger partial charge in [0.2, 0.25) is 0 Å². The van der Waals surface area contributed by atoms with E-state index in [2.05, 4.69) is 199 Å². The summed E-state index contributed by atoms with van der Waals surface area (Å²) in [5.41, 5.74) is 16.7. The zero-order valence-electron chi connectivity index (χ0n) is 32.8. The average Bonchev–Trinajstić information content (AvgIpc) is 3.81. The molecule has 13 rings (SSSR count). The van der Waals surface area contributed by atoms with Crippen molar-refractivity contribution in [2.75, 3.05) is 0 Å². The Labute approximate surface area is 356 Å². The van der Waals surface area contributed by atoms with Crippen LogP contribution in [0.5, 0.6) is 0 Å². The summed E-state index contributed by atoms with van der Waals surface area (Å²) in [6, 6.07) is 74.9. The number of para-hydroxylation sites is 1. The van der Waals surface area contributed by atoms with Gasteiger partial charge in [0.05, 0.1) is 39.3 Å². The van der Waals surface area contributed by atoms with Gasteiger partial charge in [0, 0.05) is 42.6 Å². The quantitative estimate of drug-likeness (QED) is 0.167. The molecule has 1 aliphatic carbocycles. The molecule has 0 bridgehead atoms. The maximum atomic E-state index is 9.65. The second-order valence-corrected chi connectivity index (χ2v) is 17.2. The minimum absolute atomic E-state index is 0.461. The number of hydrogen-bond acceptors (Lipinski definition) is 3. The van der Waals surface area contributed by atoms with E-state index >= 15 is 0 Å². The van der Waals surface area contributed by atoms with Crippen LogP contribution in [0.15, 0.2) is 210 Å². The van der Waals surface area contributed by atoms with Crippen LogP contribution in [0.4, 0.5) is 0 Å². The zero-order valence-corrected chi connectivity index (χ0v) is 33.6. The molecule has 0 amide bonds. The molecule has 0 unspecified atom stereocenters. The Morgan fingerprint density at radius 3 is 1.90 bits per heavy atom. The van der Waals surface area contributed by atoms with Crippen LogP contribution < -0.4 is 0 Å². The predicted molar refractivity (Wildman–Crippen MR) is 251 cm³/mol. The SMILES string of the molecule is N#Cc1ccc2c(c1)c1ccccc1n2-c1ccc(-c2ccc3c(c2)nc(-c2ccccc2)c2cc4c(cc23)C2(c3ccccc3S4)c3ccccc3-c3ccccc32)cc1. The van der Waals surface area contributed by atoms with Gasteiger partial charge in [-0.25, -0.2) is 4.98 Å². The Morgan fingerprint density at radius 2 is 1.11 bits per heavy atom. The first kappa shape index (κ1) is 34.2. The van der Waals surface area contributed by atoms with E-state index in [0.29, 0.717) is 5.56 Å². The Morgan fingerprint density at radius 1 is 0.443 bits per heavy atom. The van der Waals surface area contributed by atoms with E-state index < -0.39 is 5.41 Å². The van der Waals surface area contributed by atoms with Gasteiger partial charge in [0.15, 0.2) is 0 Å². The Hall–Kier alpha value is -7.71. The normalized spacial score (nSPS) is 13.3. The molecule has 0 radical (unpaired) electrons. The van der Waals surface area contributed by atoms with Crippen LogP contribution in [0.1, 0.15) is 27.8 Å². The van der Waals surface area contributed by atoms with Gasteiger partial charge in [0.25, 0.3) is 0 Å². The van der Waals surface area contributed by atoms with Crippen LogP contribution >= 0.6 is 11.8 Å². The number of pyridine rings is 1. The van der Waals surface area contributed by atoms with E-state index in [1.54, 1.807) is 0 Å². The van der Waals surface area contributed by atoms with E-state index in [4.69, 9.17) is 4.98 Å². The molecule has 0 fully saturated rings. The molecule has 4 heteroatoms. The fourth-order valence-corrected chi connectivity index (χ4v) is 11.7. The van der Waals surface area contributed by atoms with Gasteiger partial charge in [-0.3, -0.25) is 0 Å². The van der Waals surface area contributed by atoms with Crippen molar-refractivity contribution in [3.8, 4) is 45.3 Å². The summed E-state index contributed by atoms with van der Waals surface area (Å²) in [6.07, 6.45) is 0. The molecular formula is C57H33N3S. The molecule has 2 aliphatic rings. The van der Waals surface area contributed by atoms with Crippen molar-refractivity contribution in [2.24, 2.45) is 0 Å². The molecular weight excluding hydrogens is 759 g/mol. The monoisotopic (exact) mass is 791 g/mol. The maximum absolute atomic E-state index is 9.65. The molecule has 0 saturated carbocycles. The third-order valence-electron chi connectivity index (χ3n) is 13.1. The smallest absolute Gasteiger partial charge is 0.0991 e. The average molecular weight is 792 g/mol. The lowest BCUT2D eigenvalue weighted by Gasteiger charge is -2.40. The molecule has 11 aromatic rings. The molecule has 1 spiro atoms. The number of aromatic nitrogens is 2. The molecule has 61 heavy (non-hydrogen) atoms. The van der Waals surface area contributed by atoms with Crippen molar-refractivity contribution < 1.29 is 0 Å². The minimum Gasteiger partial charge on any atom is -0.309 e. The molecule has 0 saturated heterocycles. The number of nitriles is 1. The fraction of sp³-hybridized carbons (Fsp3) is 0.0175. The van der Waals surface area contributed by atoms with Crippen LogP contribution in [0.25, 0.3) is 82.7 Å². The first-order valence-corrected chi connectivity index (χ1v) is 21.5. The van der Waals surface area contributed by atoms with Gasteiger partial charge < -0.3 is 4.57 Å². The summed E-state index contributed by atoms with van der Waals surface area (Å²) < 4.78 is 2.29. The Kier molecular flexibility index (Phi) is 7.22. The highest BCUT2D eigenvalue weighted by atomic mass is 32.2. The van der Waals surface area contributed by atoms with Crippen molar-refractivity contribution in [3.05, 3.63) is 228 Å². The molecule has 0 N–H and O–H groups in total. The van der Waals surface area contributed by atoms with Crippen molar-refractivity contribution in [1.82, 2.24) is 9.55 Å². The van der Waals surface area contributed by atoms with E-state index in [-0.39, 0.29) is 0 Å². The number of benzene rings is 9. The first-order valence-electron chi connectivity index (χ1n) is 20.7. The Balaban J connectivity index is 1.02. The van der Waals surface area contributed by atoms with Gasteiger partial charge >= 0.3 is 0 Å². The summed E-state index contributed by atoms with van der Waals surface area (Å²) in [6.45, 7) is 0. The standard InChI is InChI=1S/C57H33N3S/c58-34-35-22-29-53-45(30-35)43-16-6-10-20-52(43)60(53)39-26-23-36(24-27-39)38-25-28-42-44-32-50-55(33-46(44)56(59-51(42)31-38)37-12-2-1-3-13-37)61-54-21-11-9-19-49(54)57(50)47-17-7-4-14-40(47)41-15-5-8-18-48(41)57/h1-33H. The van der Waals surface area contributed by atoms with Crippen molar-refractivity contribution >= 4 is 55.2 Å². The van der Waals surface area contributed by atoms with E-state index in [0.717, 1.165) is 66.2 Å². The fourth-order valence-electron chi connectivity index (χ4n) is 10.5. The number of hydrogen-bond donors (Lipinski definition) is 0. The summed E-state index contributed by atoms with van der Waals surface area (Å²) in [5, 5.41) is 15.4. The third-order valence-corrected chi connectivity index (χ3v) is 14.2. The highest BCUT2D eigenvalue weighted by molar-refractivity contribution is 7.99. The minimum atomic E-state index is -0.461. The summed E-state index contributed by atoms with van der Waals surface area (Å²) in [7, 11) is 0. The van der Waals surface area contributed by atoms with Crippen LogP contribution in [-0.4, -0.2) is 9.55 Å². The van der Waals surface area contributed by atoms with Crippen LogP contribution in [0.3, 0.4) is 0 Å². The highest BCUT2D eigenvalue weighted by Crippen LogP contribution is 2.62. The number of nitrogens with zero attached hydrogens (tertiary/aromatic N) is 3. The largest absolute Gasteiger partial charge is 0.309 e. The molecule has 3 nitrogen and oxygen atoms in total. The molecule has 9 aromatic carbocycles. The van der Waals surface area contributed by atoms with Crippen LogP contribution in [0, 0.1) is 11.3 Å². The van der Waals surface area contributed by atoms with Crippen molar-refractivity contribution in [3.63, 3.8) is 0 Å². The van der Waals surface area contributed by atoms with Gasteiger partial charge in [-0.05, 0) is 111 Å². The topological polar surface area (TPSA) is 41.6 Å². The predicted octanol–water partition coefficient (Wildman–Crippen LogP) is 14.5. The summed E-state index contributed by atoms with van der Waals surface area (Å²) in [4.78, 5) is 8.07. The molecule has 3 heterocycles. The van der Waals surface area contributed by atoms with E-state index in [1.165, 1.54) is 48.6 Å². The lowest BCUT2D eigenvalue weighted by atomic mass is 9.67. The third kappa shape index (κ3) is 4.78. The second kappa shape index (κ2) is 12.9. The van der Waals surface area contributed by atoms with Gasteiger partial charge in [0.1, 0.15) is 0 Å². The van der Waals surface area contributed by atoms with Gasteiger partial charge in [-0.15, -0.1) is 0 Å². The lowest BCUT2D eigenvalue weighted by Crippen LogP contribution is -2.32.